The van der Waals surface area contributed by atoms with Gasteiger partial charge < -0.3 is 15.0 Å². The summed E-state index contributed by atoms with van der Waals surface area (Å²) in [5, 5.41) is 12.4. The van der Waals surface area contributed by atoms with Crippen LogP contribution >= 0.6 is 0 Å². The van der Waals surface area contributed by atoms with E-state index < -0.39 is 0 Å². The third kappa shape index (κ3) is 2.17. The molecule has 0 atom stereocenters. The molecule has 1 aromatic carbocycles. The lowest BCUT2D eigenvalue weighted by Gasteiger charge is -2.07. The molecule has 0 saturated carbocycles. The van der Waals surface area contributed by atoms with Crippen LogP contribution in [0.4, 0.5) is 0 Å². The highest BCUT2D eigenvalue weighted by Gasteiger charge is 2.13. The quantitative estimate of drug-likeness (QED) is 0.836. The Labute approximate surface area is 99.9 Å². The highest BCUT2D eigenvalue weighted by molar-refractivity contribution is 5.98. The third-order valence-corrected chi connectivity index (χ3v) is 2.76. The predicted octanol–water partition coefficient (Wildman–Crippen LogP) is 1.38. The number of amides is 1. The number of nitrogens with zero attached hydrogens (tertiary/aromatic N) is 1. The summed E-state index contributed by atoms with van der Waals surface area (Å²) in [6.45, 7) is 2.99. The summed E-state index contributed by atoms with van der Waals surface area (Å²) in [5.74, 6) is -0.142. The van der Waals surface area contributed by atoms with Gasteiger partial charge in [0.15, 0.2) is 0 Å². The molecule has 2 rings (SSSR count). The Bertz CT molecular complexity index is 531. The fourth-order valence-corrected chi connectivity index (χ4v) is 2.00. The average molecular weight is 232 g/mol. The van der Waals surface area contributed by atoms with Crippen LogP contribution in [0.15, 0.2) is 30.3 Å². The minimum absolute atomic E-state index is 0.0436. The van der Waals surface area contributed by atoms with E-state index in [1.54, 1.807) is 0 Å². The summed E-state index contributed by atoms with van der Waals surface area (Å²) in [4.78, 5) is 11.9. The Balaban J connectivity index is 2.42. The van der Waals surface area contributed by atoms with E-state index in [1.165, 1.54) is 0 Å². The number of para-hydroxylation sites is 1. The molecule has 0 unspecified atom stereocenters. The summed E-state index contributed by atoms with van der Waals surface area (Å²) >= 11 is 0. The van der Waals surface area contributed by atoms with E-state index in [0.717, 1.165) is 17.4 Å². The van der Waals surface area contributed by atoms with Gasteiger partial charge in [0.05, 0.1) is 6.61 Å². The molecule has 90 valence electrons. The van der Waals surface area contributed by atoms with Gasteiger partial charge in [0.25, 0.3) is 5.91 Å². The Morgan fingerprint density at radius 2 is 2.18 bits per heavy atom. The van der Waals surface area contributed by atoms with Crippen LogP contribution < -0.4 is 5.32 Å². The van der Waals surface area contributed by atoms with Crippen LogP contribution in [0.5, 0.6) is 0 Å². The van der Waals surface area contributed by atoms with Crippen molar-refractivity contribution >= 4 is 16.8 Å². The lowest BCUT2D eigenvalue weighted by molar-refractivity contribution is 0.0936. The van der Waals surface area contributed by atoms with Crippen LogP contribution in [0.25, 0.3) is 10.9 Å². The van der Waals surface area contributed by atoms with Crippen LogP contribution in [0.2, 0.25) is 0 Å². The number of fused-ring (bicyclic) bond motifs is 1. The van der Waals surface area contributed by atoms with Gasteiger partial charge in [-0.2, -0.15) is 0 Å². The number of hydrogen-bond donors (Lipinski definition) is 2. The van der Waals surface area contributed by atoms with Crippen molar-refractivity contribution in [3.63, 3.8) is 0 Å². The van der Waals surface area contributed by atoms with Crippen molar-refractivity contribution in [1.29, 1.82) is 0 Å². The van der Waals surface area contributed by atoms with Crippen LogP contribution in [0, 0.1) is 0 Å². The first-order valence-corrected chi connectivity index (χ1v) is 5.75. The highest BCUT2D eigenvalue weighted by Crippen LogP contribution is 2.19. The predicted molar refractivity (Wildman–Crippen MR) is 67.0 cm³/mol. The van der Waals surface area contributed by atoms with Crippen molar-refractivity contribution in [3.8, 4) is 0 Å². The first kappa shape index (κ1) is 11.7. The number of nitrogens with one attached hydrogen (secondary N) is 1. The molecule has 0 spiro atoms. The molecule has 17 heavy (non-hydrogen) atoms. The molecule has 4 nitrogen and oxygen atoms in total. The zero-order valence-corrected chi connectivity index (χ0v) is 9.81. The Kier molecular flexibility index (Phi) is 3.44. The first-order valence-electron chi connectivity index (χ1n) is 5.75. The number of aliphatic hydroxyl groups is 1. The van der Waals surface area contributed by atoms with E-state index >= 15 is 0 Å². The van der Waals surface area contributed by atoms with E-state index in [4.69, 9.17) is 5.11 Å². The molecular weight excluding hydrogens is 216 g/mol. The minimum atomic E-state index is -0.142. The second-order valence-electron chi connectivity index (χ2n) is 3.81. The molecule has 0 radical (unpaired) electrons. The van der Waals surface area contributed by atoms with Gasteiger partial charge in [-0.3, -0.25) is 4.79 Å². The molecule has 0 saturated heterocycles. The van der Waals surface area contributed by atoms with Crippen LogP contribution in [0.1, 0.15) is 17.4 Å². The topological polar surface area (TPSA) is 54.3 Å². The molecule has 1 heterocycles. The number of benzene rings is 1. The smallest absolute Gasteiger partial charge is 0.268 e. The zero-order chi connectivity index (χ0) is 12.3. The number of rotatable bonds is 4. The molecule has 0 aliphatic heterocycles. The minimum Gasteiger partial charge on any atom is -0.395 e. The van der Waals surface area contributed by atoms with E-state index in [1.807, 2.05) is 41.8 Å². The summed E-state index contributed by atoms with van der Waals surface area (Å²) < 4.78 is 1.97. The number of carbonyl (C=O) groups excluding carboxylic acids is 1. The Hall–Kier alpha value is -1.81. The number of carbonyl (C=O) groups is 1. The van der Waals surface area contributed by atoms with Crippen LogP contribution in [0.3, 0.4) is 0 Å². The van der Waals surface area contributed by atoms with Crippen LogP contribution in [-0.4, -0.2) is 28.7 Å². The lowest BCUT2D eigenvalue weighted by atomic mass is 10.2. The fraction of sp³-hybridized carbons (Fsp3) is 0.308. The van der Waals surface area contributed by atoms with Crippen molar-refractivity contribution in [2.24, 2.45) is 0 Å². The van der Waals surface area contributed by atoms with Gasteiger partial charge in [-0.25, -0.2) is 0 Å². The normalized spacial score (nSPS) is 10.7. The second-order valence-corrected chi connectivity index (χ2v) is 3.81. The molecule has 2 aromatic rings. The number of aliphatic hydroxyl groups excluding tert-OH is 1. The first-order chi connectivity index (χ1) is 8.27. The van der Waals surface area contributed by atoms with Crippen molar-refractivity contribution in [1.82, 2.24) is 9.88 Å². The average Bonchev–Trinajstić information content (AvgIpc) is 2.74. The standard InChI is InChI=1S/C13H16N2O2/c1-2-15-11-6-4-3-5-10(11)9-12(15)13(17)14-7-8-16/h3-6,9,16H,2,7-8H2,1H3,(H,14,17). The van der Waals surface area contributed by atoms with Gasteiger partial charge in [0.1, 0.15) is 5.69 Å². The van der Waals surface area contributed by atoms with E-state index in [2.05, 4.69) is 5.32 Å². The molecule has 1 aromatic heterocycles. The fourth-order valence-electron chi connectivity index (χ4n) is 2.00. The molecule has 0 fully saturated rings. The van der Waals surface area contributed by atoms with Crippen molar-refractivity contribution < 1.29 is 9.90 Å². The lowest BCUT2D eigenvalue weighted by Crippen LogP contribution is -2.28. The SMILES string of the molecule is CCn1c(C(=O)NCCO)cc2ccccc21. The highest BCUT2D eigenvalue weighted by atomic mass is 16.3. The molecule has 1 amide bonds. The monoisotopic (exact) mass is 232 g/mol. The van der Waals surface area contributed by atoms with Crippen LogP contribution in [-0.2, 0) is 6.54 Å². The maximum absolute atomic E-state index is 11.9. The largest absolute Gasteiger partial charge is 0.395 e. The van der Waals surface area contributed by atoms with Gasteiger partial charge in [-0.15, -0.1) is 0 Å². The summed E-state index contributed by atoms with van der Waals surface area (Å²) in [7, 11) is 0. The molecule has 0 aliphatic carbocycles. The summed E-state index contributed by atoms with van der Waals surface area (Å²) in [5.41, 5.74) is 1.70. The van der Waals surface area contributed by atoms with Gasteiger partial charge >= 0.3 is 0 Å². The van der Waals surface area contributed by atoms with Gasteiger partial charge in [-0.1, -0.05) is 18.2 Å². The van der Waals surface area contributed by atoms with E-state index in [-0.39, 0.29) is 19.1 Å². The molecule has 4 heteroatoms. The maximum Gasteiger partial charge on any atom is 0.268 e. The third-order valence-electron chi connectivity index (χ3n) is 2.76. The maximum atomic E-state index is 11.9. The van der Waals surface area contributed by atoms with E-state index in [9.17, 15) is 4.79 Å². The second kappa shape index (κ2) is 5.01. The van der Waals surface area contributed by atoms with Gasteiger partial charge in [-0.05, 0) is 19.1 Å². The number of aromatic nitrogens is 1. The molecule has 2 N–H and O–H groups in total. The number of hydrogen-bond acceptors (Lipinski definition) is 2. The van der Waals surface area contributed by atoms with Gasteiger partial charge in [0, 0.05) is 24.0 Å². The summed E-state index contributed by atoms with van der Waals surface area (Å²) in [6.07, 6.45) is 0. The molecular formula is C13H16N2O2. The van der Waals surface area contributed by atoms with Crippen molar-refractivity contribution in [3.05, 3.63) is 36.0 Å². The zero-order valence-electron chi connectivity index (χ0n) is 9.81. The summed E-state index contributed by atoms with van der Waals surface area (Å²) in [6, 6.07) is 9.79. The Morgan fingerprint density at radius 3 is 2.88 bits per heavy atom. The van der Waals surface area contributed by atoms with Gasteiger partial charge in [0.2, 0.25) is 0 Å². The molecule has 0 bridgehead atoms. The van der Waals surface area contributed by atoms with E-state index in [0.29, 0.717) is 5.69 Å². The number of aryl methyl sites for hydroxylation is 1. The van der Waals surface area contributed by atoms with Crippen molar-refractivity contribution in [2.45, 2.75) is 13.5 Å². The van der Waals surface area contributed by atoms with Crippen molar-refractivity contribution in [2.75, 3.05) is 13.2 Å². The molecule has 0 aliphatic rings. The Morgan fingerprint density at radius 1 is 1.41 bits per heavy atom.